The van der Waals surface area contributed by atoms with E-state index in [9.17, 15) is 0 Å². The molecule has 31 heavy (non-hydrogen) atoms. The van der Waals surface area contributed by atoms with E-state index in [0.29, 0.717) is 0 Å². The standard InChI is InChI=1S/C28H23ClN2/c29-28-16-26(22-7-1-5-20(13-22)24-9-3-11-30-18-24)15-27(17-28)23-8-2-6-21(14-23)25-10-4-12-31-19-25/h1-11,13-17,19,30-31H,12,18H2. The molecule has 0 aromatic heterocycles. The molecule has 5 rings (SSSR count). The van der Waals surface area contributed by atoms with Gasteiger partial charge in [0.05, 0.1) is 0 Å². The largest absolute Gasteiger partial charge is 0.387 e. The minimum absolute atomic E-state index is 0.739. The molecule has 0 unspecified atom stereocenters. The van der Waals surface area contributed by atoms with Crippen LogP contribution in [0.5, 0.6) is 0 Å². The molecule has 0 atom stereocenters. The lowest BCUT2D eigenvalue weighted by Gasteiger charge is -2.14. The Labute approximate surface area is 188 Å². The van der Waals surface area contributed by atoms with Gasteiger partial charge in [0.2, 0.25) is 0 Å². The van der Waals surface area contributed by atoms with Gasteiger partial charge in [-0.15, -0.1) is 0 Å². The fourth-order valence-corrected chi connectivity index (χ4v) is 4.24. The molecular weight excluding hydrogens is 400 g/mol. The Balaban J connectivity index is 1.52. The third-order valence-electron chi connectivity index (χ3n) is 5.59. The Morgan fingerprint density at radius 1 is 0.710 bits per heavy atom. The number of halogens is 1. The molecule has 2 nitrogen and oxygen atoms in total. The number of allylic oxidation sites excluding steroid dienone is 4. The summed E-state index contributed by atoms with van der Waals surface area (Å²) in [5, 5.41) is 7.30. The molecule has 0 radical (unpaired) electrons. The molecule has 0 spiro atoms. The topological polar surface area (TPSA) is 24.1 Å². The molecular formula is C28H23ClN2. The third kappa shape index (κ3) is 4.35. The van der Waals surface area contributed by atoms with Crippen LogP contribution in [0.25, 0.3) is 33.4 Å². The average Bonchev–Trinajstić information content (AvgIpc) is 2.85. The van der Waals surface area contributed by atoms with E-state index < -0.39 is 0 Å². The Kier molecular flexibility index (Phi) is 5.47. The van der Waals surface area contributed by atoms with Crippen molar-refractivity contribution in [2.24, 2.45) is 0 Å². The van der Waals surface area contributed by atoms with Crippen LogP contribution in [0.2, 0.25) is 5.02 Å². The summed E-state index contributed by atoms with van der Waals surface area (Å²) in [6, 6.07) is 23.6. The molecule has 0 saturated carbocycles. The second-order valence-corrected chi connectivity index (χ2v) is 8.17. The number of rotatable bonds is 4. The Bertz CT molecular complexity index is 1250. The molecule has 0 bridgehead atoms. The van der Waals surface area contributed by atoms with Gasteiger partial charge in [-0.1, -0.05) is 66.2 Å². The first-order valence-corrected chi connectivity index (χ1v) is 10.9. The summed E-state index contributed by atoms with van der Waals surface area (Å²) in [4.78, 5) is 0. The van der Waals surface area contributed by atoms with Crippen molar-refractivity contribution in [3.63, 3.8) is 0 Å². The minimum atomic E-state index is 0.739. The average molecular weight is 423 g/mol. The zero-order valence-corrected chi connectivity index (χ0v) is 17.9. The van der Waals surface area contributed by atoms with Crippen molar-refractivity contribution in [2.45, 2.75) is 0 Å². The van der Waals surface area contributed by atoms with Crippen molar-refractivity contribution in [2.75, 3.05) is 13.1 Å². The number of benzene rings is 3. The van der Waals surface area contributed by atoms with Crippen molar-refractivity contribution < 1.29 is 0 Å². The lowest BCUT2D eigenvalue weighted by molar-refractivity contribution is 0.976. The molecule has 2 heterocycles. The van der Waals surface area contributed by atoms with Crippen molar-refractivity contribution >= 4 is 22.7 Å². The van der Waals surface area contributed by atoms with Crippen molar-refractivity contribution in [3.05, 3.63) is 120 Å². The first kappa shape index (κ1) is 19.5. The highest BCUT2D eigenvalue weighted by atomic mass is 35.5. The zero-order valence-electron chi connectivity index (χ0n) is 17.1. The number of nitrogens with one attached hydrogen (secondary N) is 2. The van der Waals surface area contributed by atoms with Crippen LogP contribution in [0, 0.1) is 0 Å². The molecule has 152 valence electrons. The van der Waals surface area contributed by atoms with E-state index in [0.717, 1.165) is 40.4 Å². The first-order chi connectivity index (χ1) is 15.3. The third-order valence-corrected chi connectivity index (χ3v) is 5.81. The number of hydrogen-bond donors (Lipinski definition) is 2. The molecule has 0 fully saturated rings. The first-order valence-electron chi connectivity index (χ1n) is 10.5. The summed E-state index contributed by atoms with van der Waals surface area (Å²) in [6.07, 6.45) is 12.5. The highest BCUT2D eigenvalue weighted by Crippen LogP contribution is 2.33. The molecule has 2 aliphatic rings. The Morgan fingerprint density at radius 2 is 1.39 bits per heavy atom. The summed E-state index contributed by atoms with van der Waals surface area (Å²) >= 11 is 6.56. The SMILES string of the molecule is Clc1cc(-c2cccc(C3=CNCC=C3)c2)cc(-c2cccc(C3=CC=CNC3)c2)c1. The van der Waals surface area contributed by atoms with E-state index in [-0.39, 0.29) is 0 Å². The number of dihydropyridines is 2. The van der Waals surface area contributed by atoms with Crippen LogP contribution in [-0.2, 0) is 0 Å². The quantitative estimate of drug-likeness (QED) is 0.490. The van der Waals surface area contributed by atoms with Gasteiger partial charge in [0.1, 0.15) is 0 Å². The minimum Gasteiger partial charge on any atom is -0.387 e. The van der Waals surface area contributed by atoms with Gasteiger partial charge in [0, 0.05) is 24.3 Å². The summed E-state index contributed by atoms with van der Waals surface area (Å²) in [6.45, 7) is 1.72. The lowest BCUT2D eigenvalue weighted by Crippen LogP contribution is -2.11. The summed E-state index contributed by atoms with van der Waals surface area (Å²) < 4.78 is 0. The van der Waals surface area contributed by atoms with Crippen molar-refractivity contribution in [1.29, 1.82) is 0 Å². The molecule has 2 aliphatic heterocycles. The maximum atomic E-state index is 6.56. The highest BCUT2D eigenvalue weighted by molar-refractivity contribution is 6.31. The Hall–Kier alpha value is -3.49. The van der Waals surface area contributed by atoms with Crippen LogP contribution in [0.4, 0.5) is 0 Å². The molecule has 0 aliphatic carbocycles. The number of hydrogen-bond acceptors (Lipinski definition) is 2. The lowest BCUT2D eigenvalue weighted by atomic mass is 9.94. The van der Waals surface area contributed by atoms with Crippen LogP contribution in [-0.4, -0.2) is 13.1 Å². The van der Waals surface area contributed by atoms with Crippen LogP contribution >= 0.6 is 11.6 Å². The fourth-order valence-electron chi connectivity index (χ4n) is 4.01. The second-order valence-electron chi connectivity index (χ2n) is 7.73. The van der Waals surface area contributed by atoms with Gasteiger partial charge in [-0.05, 0) is 87.1 Å². The van der Waals surface area contributed by atoms with E-state index in [2.05, 4.69) is 89.7 Å². The monoisotopic (exact) mass is 422 g/mol. The Morgan fingerprint density at radius 3 is 2.06 bits per heavy atom. The molecule has 0 amide bonds. The van der Waals surface area contributed by atoms with Gasteiger partial charge >= 0.3 is 0 Å². The highest BCUT2D eigenvalue weighted by Gasteiger charge is 2.09. The van der Waals surface area contributed by atoms with Crippen LogP contribution in [0.1, 0.15) is 11.1 Å². The molecule has 2 N–H and O–H groups in total. The second kappa shape index (κ2) is 8.71. The van der Waals surface area contributed by atoms with Crippen LogP contribution in [0.15, 0.2) is 103 Å². The molecule has 3 aromatic rings. The van der Waals surface area contributed by atoms with E-state index in [1.165, 1.54) is 22.3 Å². The van der Waals surface area contributed by atoms with E-state index in [1.807, 2.05) is 24.4 Å². The van der Waals surface area contributed by atoms with Gasteiger partial charge in [0.25, 0.3) is 0 Å². The fraction of sp³-hybridized carbons (Fsp3) is 0.0714. The zero-order chi connectivity index (χ0) is 21.0. The van der Waals surface area contributed by atoms with E-state index in [4.69, 9.17) is 11.6 Å². The predicted molar refractivity (Wildman–Crippen MR) is 133 cm³/mol. The van der Waals surface area contributed by atoms with Crippen molar-refractivity contribution in [3.8, 4) is 22.3 Å². The maximum Gasteiger partial charge on any atom is 0.0418 e. The summed E-state index contributed by atoms with van der Waals surface area (Å²) in [5.74, 6) is 0. The van der Waals surface area contributed by atoms with Gasteiger partial charge in [0.15, 0.2) is 0 Å². The molecule has 3 aromatic carbocycles. The smallest absolute Gasteiger partial charge is 0.0418 e. The normalized spacial score (nSPS) is 15.0. The van der Waals surface area contributed by atoms with Crippen molar-refractivity contribution in [1.82, 2.24) is 10.6 Å². The van der Waals surface area contributed by atoms with Crippen LogP contribution < -0.4 is 10.6 Å². The summed E-state index contributed by atoms with van der Waals surface area (Å²) in [7, 11) is 0. The van der Waals surface area contributed by atoms with Gasteiger partial charge in [-0.3, -0.25) is 0 Å². The van der Waals surface area contributed by atoms with Gasteiger partial charge in [-0.2, -0.15) is 0 Å². The van der Waals surface area contributed by atoms with Gasteiger partial charge < -0.3 is 10.6 Å². The molecule has 3 heteroatoms. The van der Waals surface area contributed by atoms with E-state index >= 15 is 0 Å². The predicted octanol–water partition coefficient (Wildman–Crippen LogP) is 6.67. The summed E-state index contributed by atoms with van der Waals surface area (Å²) in [5.41, 5.74) is 9.43. The van der Waals surface area contributed by atoms with Gasteiger partial charge in [-0.25, -0.2) is 0 Å². The maximum absolute atomic E-state index is 6.56. The van der Waals surface area contributed by atoms with E-state index in [1.54, 1.807) is 0 Å². The van der Waals surface area contributed by atoms with Crippen LogP contribution in [0.3, 0.4) is 0 Å². The molecule has 0 saturated heterocycles.